The molecule has 0 N–H and O–H groups in total. The molecule has 6 rings (SSSR count). The minimum Gasteiger partial charge on any atom is -0.493 e. The van der Waals surface area contributed by atoms with E-state index in [1.807, 2.05) is 11.0 Å². The fourth-order valence-corrected chi connectivity index (χ4v) is 6.40. The number of Topliss-reactive ketones (excluding diaryl/α,β-unsaturated/α-hetero) is 1. The maximum absolute atomic E-state index is 13.9. The first-order valence-corrected chi connectivity index (χ1v) is 12.7. The number of methoxy groups -OCH3 is 2. The Hall–Kier alpha value is -2.61. The van der Waals surface area contributed by atoms with Gasteiger partial charge in [-0.2, -0.15) is 0 Å². The van der Waals surface area contributed by atoms with E-state index < -0.39 is 5.92 Å². The molecule has 1 amide bonds. The zero-order valence-corrected chi connectivity index (χ0v) is 21.7. The Morgan fingerprint density at radius 3 is 2.31 bits per heavy atom. The molecule has 2 aliphatic carbocycles. The maximum Gasteiger partial charge on any atom is 0.254 e. The van der Waals surface area contributed by atoms with Crippen molar-refractivity contribution in [3.63, 3.8) is 0 Å². The lowest BCUT2D eigenvalue weighted by molar-refractivity contribution is 0.0339. The summed E-state index contributed by atoms with van der Waals surface area (Å²) in [6, 6.07) is 7.64. The summed E-state index contributed by atoms with van der Waals surface area (Å²) >= 11 is 0. The standard InChI is InChI=1S/C28H32N2O5.ClH/c1-33-23-15-19-22(16-24(23)34-2)28(32)30(8-4-7-29-9-11-35-12-10-29)26-20-13-17-5-3-6-18(17)14-21(20)27(31)25(19)26;/h13-16,25-26H,3-12H2,1-2H3;1H. The van der Waals surface area contributed by atoms with Crippen LogP contribution >= 0.6 is 12.4 Å². The summed E-state index contributed by atoms with van der Waals surface area (Å²) in [4.78, 5) is 32.2. The Bertz CT molecular complexity index is 1190. The van der Waals surface area contributed by atoms with Crippen LogP contribution in [0.2, 0.25) is 0 Å². The summed E-state index contributed by atoms with van der Waals surface area (Å²) < 4.78 is 16.5. The van der Waals surface area contributed by atoms with Gasteiger partial charge in [0.2, 0.25) is 0 Å². The normalized spacial score (nSPS) is 22.4. The zero-order valence-electron chi connectivity index (χ0n) is 20.9. The Labute approximate surface area is 218 Å². The summed E-state index contributed by atoms with van der Waals surface area (Å²) in [6.45, 7) is 4.88. The van der Waals surface area contributed by atoms with Crippen molar-refractivity contribution in [1.82, 2.24) is 9.80 Å². The molecule has 36 heavy (non-hydrogen) atoms. The van der Waals surface area contributed by atoms with Crippen molar-refractivity contribution in [1.29, 1.82) is 0 Å². The topological polar surface area (TPSA) is 68.3 Å². The fourth-order valence-electron chi connectivity index (χ4n) is 6.40. The summed E-state index contributed by atoms with van der Waals surface area (Å²) in [7, 11) is 3.15. The molecule has 0 bridgehead atoms. The summed E-state index contributed by atoms with van der Waals surface area (Å²) in [6.07, 6.45) is 4.05. The van der Waals surface area contributed by atoms with Crippen molar-refractivity contribution in [2.75, 3.05) is 53.6 Å². The molecule has 0 radical (unpaired) electrons. The lowest BCUT2D eigenvalue weighted by atomic mass is 9.82. The molecule has 2 unspecified atom stereocenters. The molecule has 7 nitrogen and oxygen atoms in total. The number of carbonyl (C=O) groups excluding carboxylic acids is 2. The second kappa shape index (κ2) is 10.0. The Kier molecular flexibility index (Phi) is 6.99. The fraction of sp³-hybridized carbons (Fsp3) is 0.500. The number of hydrogen-bond acceptors (Lipinski definition) is 6. The van der Waals surface area contributed by atoms with Gasteiger partial charge in [-0.15, -0.1) is 12.4 Å². The predicted molar refractivity (Wildman–Crippen MR) is 138 cm³/mol. The van der Waals surface area contributed by atoms with Crippen molar-refractivity contribution in [2.24, 2.45) is 0 Å². The van der Waals surface area contributed by atoms with Crippen LogP contribution in [0.1, 0.15) is 67.8 Å². The van der Waals surface area contributed by atoms with E-state index in [0.29, 0.717) is 23.6 Å². The lowest BCUT2D eigenvalue weighted by Gasteiger charge is -2.39. The number of ether oxygens (including phenoxy) is 3. The molecular weight excluding hydrogens is 480 g/mol. The molecule has 2 atom stereocenters. The van der Waals surface area contributed by atoms with Crippen molar-refractivity contribution in [2.45, 2.75) is 37.6 Å². The van der Waals surface area contributed by atoms with Gasteiger partial charge in [0, 0.05) is 37.3 Å². The van der Waals surface area contributed by atoms with Crippen LogP contribution < -0.4 is 9.47 Å². The van der Waals surface area contributed by atoms with Gasteiger partial charge >= 0.3 is 0 Å². The van der Waals surface area contributed by atoms with Crippen LogP contribution in [0.3, 0.4) is 0 Å². The van der Waals surface area contributed by atoms with E-state index in [-0.39, 0.29) is 30.1 Å². The molecule has 2 aromatic carbocycles. The molecule has 1 fully saturated rings. The monoisotopic (exact) mass is 512 g/mol. The molecule has 1 saturated heterocycles. The molecule has 0 saturated carbocycles. The van der Waals surface area contributed by atoms with Gasteiger partial charge in [0.1, 0.15) is 0 Å². The highest BCUT2D eigenvalue weighted by atomic mass is 35.5. The van der Waals surface area contributed by atoms with Crippen molar-refractivity contribution in [3.05, 3.63) is 57.6 Å². The van der Waals surface area contributed by atoms with Gasteiger partial charge in [0.15, 0.2) is 17.3 Å². The highest BCUT2D eigenvalue weighted by Crippen LogP contribution is 2.53. The van der Waals surface area contributed by atoms with E-state index in [1.165, 1.54) is 11.1 Å². The van der Waals surface area contributed by atoms with Crippen LogP contribution in [0.15, 0.2) is 24.3 Å². The first-order chi connectivity index (χ1) is 17.1. The molecular formula is C28H33ClN2O5. The predicted octanol–water partition coefficient (Wildman–Crippen LogP) is 3.81. The van der Waals surface area contributed by atoms with Gasteiger partial charge in [-0.1, -0.05) is 6.07 Å². The Morgan fingerprint density at radius 2 is 1.58 bits per heavy atom. The van der Waals surface area contributed by atoms with E-state index in [9.17, 15) is 9.59 Å². The van der Waals surface area contributed by atoms with E-state index in [2.05, 4.69) is 17.0 Å². The van der Waals surface area contributed by atoms with Crippen LogP contribution in [0.5, 0.6) is 11.5 Å². The molecule has 8 heteroatoms. The van der Waals surface area contributed by atoms with E-state index in [0.717, 1.165) is 75.2 Å². The van der Waals surface area contributed by atoms with Crippen molar-refractivity contribution < 1.29 is 23.8 Å². The molecule has 4 aliphatic rings. The first kappa shape index (κ1) is 25.1. The average molecular weight is 513 g/mol. The molecule has 2 heterocycles. The number of halogens is 1. The molecule has 2 aromatic rings. The number of fused-ring (bicyclic) bond motifs is 6. The molecule has 0 spiro atoms. The number of amides is 1. The Morgan fingerprint density at radius 1 is 0.889 bits per heavy atom. The number of ketones is 1. The maximum atomic E-state index is 13.9. The SMILES string of the molecule is COc1cc2c(cc1OC)C1C(=O)c3cc4c(cc3C1N(CCCN1CCOCC1)C2=O)CCC4.Cl. The number of hydrogen-bond donors (Lipinski definition) is 0. The summed E-state index contributed by atoms with van der Waals surface area (Å²) in [5.74, 6) is 0.714. The van der Waals surface area contributed by atoms with Gasteiger partial charge in [-0.25, -0.2) is 0 Å². The van der Waals surface area contributed by atoms with Gasteiger partial charge in [-0.3, -0.25) is 14.5 Å². The van der Waals surface area contributed by atoms with Crippen LogP contribution in [0.25, 0.3) is 0 Å². The molecule has 2 aliphatic heterocycles. The highest BCUT2D eigenvalue weighted by molar-refractivity contribution is 6.11. The lowest BCUT2D eigenvalue weighted by Crippen LogP contribution is -2.44. The second-order valence-corrected chi connectivity index (χ2v) is 9.95. The number of carbonyl (C=O) groups is 2. The highest BCUT2D eigenvalue weighted by Gasteiger charge is 2.50. The van der Waals surface area contributed by atoms with Gasteiger partial charge < -0.3 is 19.1 Å². The minimum atomic E-state index is -0.414. The van der Waals surface area contributed by atoms with Crippen molar-refractivity contribution in [3.8, 4) is 11.5 Å². The van der Waals surface area contributed by atoms with E-state index in [1.54, 1.807) is 20.3 Å². The number of nitrogens with zero attached hydrogens (tertiary/aromatic N) is 2. The minimum absolute atomic E-state index is 0. The third-order valence-electron chi connectivity index (χ3n) is 8.14. The number of morpholine rings is 1. The number of aryl methyl sites for hydroxylation is 2. The van der Waals surface area contributed by atoms with Crippen molar-refractivity contribution >= 4 is 24.1 Å². The third kappa shape index (κ3) is 3.98. The quantitative estimate of drug-likeness (QED) is 0.586. The van der Waals surface area contributed by atoms with Gasteiger partial charge in [-0.05, 0) is 66.1 Å². The van der Waals surface area contributed by atoms with Crippen LogP contribution in [-0.4, -0.2) is 75.1 Å². The first-order valence-electron chi connectivity index (χ1n) is 12.7. The molecule has 0 aromatic heterocycles. The summed E-state index contributed by atoms with van der Waals surface area (Å²) in [5.41, 5.74) is 5.71. The summed E-state index contributed by atoms with van der Waals surface area (Å²) in [5, 5.41) is 0. The molecule has 192 valence electrons. The van der Waals surface area contributed by atoms with E-state index in [4.69, 9.17) is 14.2 Å². The average Bonchev–Trinajstić information content (AvgIpc) is 3.46. The van der Waals surface area contributed by atoms with Gasteiger partial charge in [0.05, 0.1) is 39.4 Å². The van der Waals surface area contributed by atoms with Crippen LogP contribution in [0.4, 0.5) is 0 Å². The largest absolute Gasteiger partial charge is 0.493 e. The van der Waals surface area contributed by atoms with Crippen LogP contribution in [-0.2, 0) is 17.6 Å². The number of benzene rings is 2. The smallest absolute Gasteiger partial charge is 0.254 e. The Balaban J connectivity index is 0.00000267. The second-order valence-electron chi connectivity index (χ2n) is 9.95. The zero-order chi connectivity index (χ0) is 24.1. The van der Waals surface area contributed by atoms with E-state index >= 15 is 0 Å². The number of rotatable bonds is 6. The third-order valence-corrected chi connectivity index (χ3v) is 8.14. The van der Waals surface area contributed by atoms with Gasteiger partial charge in [0.25, 0.3) is 5.91 Å². The van der Waals surface area contributed by atoms with Crippen LogP contribution in [0, 0.1) is 0 Å².